The van der Waals surface area contributed by atoms with Gasteiger partial charge in [-0.3, -0.25) is 10.1 Å². The molecule has 0 radical (unpaired) electrons. The molecular weight excluding hydrogens is 290 g/mol. The highest BCUT2D eigenvalue weighted by atomic mass is 32.2. The van der Waals surface area contributed by atoms with Gasteiger partial charge in [-0.15, -0.1) is 0 Å². The molecule has 1 heterocycles. The number of nitro groups is 1. The van der Waals surface area contributed by atoms with Crippen molar-refractivity contribution in [2.75, 3.05) is 5.73 Å². The van der Waals surface area contributed by atoms with Crippen molar-refractivity contribution in [1.29, 1.82) is 0 Å². The summed E-state index contributed by atoms with van der Waals surface area (Å²) in [4.78, 5) is 9.99. The van der Waals surface area contributed by atoms with Crippen LogP contribution in [0.15, 0.2) is 10.3 Å². The lowest BCUT2D eigenvalue weighted by molar-refractivity contribution is -0.383. The topological polar surface area (TPSA) is 115 Å². The van der Waals surface area contributed by atoms with Gasteiger partial charge < -0.3 is 5.73 Å². The molecule has 0 unspecified atom stereocenters. The SMILES string of the molecule is CCC(C)(CC)NS(=O)(=O)c1cc([N+](=O)[O-])c(N)s1. The van der Waals surface area contributed by atoms with E-state index in [2.05, 4.69) is 4.72 Å². The molecule has 3 N–H and O–H groups in total. The van der Waals surface area contributed by atoms with Gasteiger partial charge in [0.15, 0.2) is 5.00 Å². The van der Waals surface area contributed by atoms with Gasteiger partial charge in [-0.05, 0) is 19.8 Å². The van der Waals surface area contributed by atoms with Crippen molar-refractivity contribution in [3.8, 4) is 0 Å². The third-order valence-electron chi connectivity index (χ3n) is 3.12. The molecule has 0 amide bonds. The molecule has 9 heteroatoms. The Balaban J connectivity index is 3.15. The molecule has 0 saturated carbocycles. The summed E-state index contributed by atoms with van der Waals surface area (Å²) in [6, 6.07) is 0.994. The van der Waals surface area contributed by atoms with E-state index in [1.807, 2.05) is 13.8 Å². The number of sulfonamides is 1. The summed E-state index contributed by atoms with van der Waals surface area (Å²) in [7, 11) is -3.79. The maximum absolute atomic E-state index is 12.2. The first-order chi connectivity index (χ1) is 8.65. The predicted molar refractivity (Wildman–Crippen MR) is 74.7 cm³/mol. The zero-order valence-corrected chi connectivity index (χ0v) is 12.6. The van der Waals surface area contributed by atoms with Crippen LogP contribution < -0.4 is 10.5 Å². The van der Waals surface area contributed by atoms with E-state index in [-0.39, 0.29) is 14.9 Å². The molecule has 0 bridgehead atoms. The molecule has 0 atom stereocenters. The van der Waals surface area contributed by atoms with Crippen LogP contribution in [0.2, 0.25) is 0 Å². The fourth-order valence-corrected chi connectivity index (χ4v) is 4.18. The van der Waals surface area contributed by atoms with E-state index in [0.717, 1.165) is 6.07 Å². The number of thiophene rings is 1. The van der Waals surface area contributed by atoms with E-state index in [1.165, 1.54) is 0 Å². The summed E-state index contributed by atoms with van der Waals surface area (Å²) in [5.74, 6) is 0. The van der Waals surface area contributed by atoms with Crippen LogP contribution in [0.3, 0.4) is 0 Å². The van der Waals surface area contributed by atoms with Crippen molar-refractivity contribution in [3.63, 3.8) is 0 Å². The Labute approximate surface area is 116 Å². The molecule has 0 aromatic carbocycles. The van der Waals surface area contributed by atoms with Gasteiger partial charge in [0.25, 0.3) is 10.0 Å². The average Bonchev–Trinajstić information content (AvgIpc) is 2.71. The Bertz CT molecular complexity index is 576. The van der Waals surface area contributed by atoms with Crippen LogP contribution in [0, 0.1) is 10.1 Å². The molecule has 108 valence electrons. The Kier molecular flexibility index (Phi) is 4.54. The maximum Gasteiger partial charge on any atom is 0.304 e. The normalized spacial score (nSPS) is 12.6. The summed E-state index contributed by atoms with van der Waals surface area (Å²) < 4.78 is 26.8. The van der Waals surface area contributed by atoms with Gasteiger partial charge in [-0.2, -0.15) is 0 Å². The van der Waals surface area contributed by atoms with E-state index in [0.29, 0.717) is 24.2 Å². The highest BCUT2D eigenvalue weighted by molar-refractivity contribution is 7.91. The van der Waals surface area contributed by atoms with Crippen LogP contribution >= 0.6 is 11.3 Å². The molecule has 0 aliphatic rings. The van der Waals surface area contributed by atoms with E-state index < -0.39 is 20.5 Å². The fraction of sp³-hybridized carbons (Fsp3) is 0.600. The molecule has 0 aliphatic heterocycles. The third-order valence-corrected chi connectivity index (χ3v) is 6.19. The molecule has 1 rings (SSSR count). The van der Waals surface area contributed by atoms with Gasteiger partial charge in [0, 0.05) is 11.6 Å². The first kappa shape index (κ1) is 15.9. The Morgan fingerprint density at radius 1 is 1.47 bits per heavy atom. The van der Waals surface area contributed by atoms with Crippen LogP contribution in [0.1, 0.15) is 33.6 Å². The van der Waals surface area contributed by atoms with Crippen molar-refractivity contribution < 1.29 is 13.3 Å². The summed E-state index contributed by atoms with van der Waals surface area (Å²) in [5.41, 5.74) is 4.50. The molecule has 19 heavy (non-hydrogen) atoms. The third kappa shape index (κ3) is 3.43. The lowest BCUT2D eigenvalue weighted by Gasteiger charge is -2.27. The van der Waals surface area contributed by atoms with Gasteiger partial charge in [0.2, 0.25) is 0 Å². The highest BCUT2D eigenvalue weighted by Crippen LogP contribution is 2.35. The first-order valence-electron chi connectivity index (χ1n) is 5.73. The van der Waals surface area contributed by atoms with E-state index in [4.69, 9.17) is 5.73 Å². The van der Waals surface area contributed by atoms with Crippen LogP contribution in [0.25, 0.3) is 0 Å². The molecule has 0 spiro atoms. The van der Waals surface area contributed by atoms with Crippen molar-refractivity contribution in [2.24, 2.45) is 0 Å². The van der Waals surface area contributed by atoms with Gasteiger partial charge in [-0.25, -0.2) is 13.1 Å². The minimum atomic E-state index is -3.79. The molecule has 0 fully saturated rings. The van der Waals surface area contributed by atoms with Crippen LogP contribution in [-0.2, 0) is 10.0 Å². The number of nitrogens with one attached hydrogen (secondary N) is 1. The number of hydrogen-bond donors (Lipinski definition) is 2. The van der Waals surface area contributed by atoms with Crippen molar-refractivity contribution in [3.05, 3.63) is 16.2 Å². The zero-order chi connectivity index (χ0) is 14.8. The largest absolute Gasteiger partial charge is 0.385 e. The summed E-state index contributed by atoms with van der Waals surface area (Å²) in [6.45, 7) is 5.53. The minimum Gasteiger partial charge on any atom is -0.385 e. The monoisotopic (exact) mass is 307 g/mol. The zero-order valence-electron chi connectivity index (χ0n) is 11.0. The number of rotatable bonds is 6. The van der Waals surface area contributed by atoms with E-state index in [1.54, 1.807) is 6.92 Å². The quantitative estimate of drug-likeness (QED) is 0.616. The lowest BCUT2D eigenvalue weighted by atomic mass is 9.98. The van der Waals surface area contributed by atoms with Gasteiger partial charge in [0.05, 0.1) is 4.92 Å². The number of nitrogens with two attached hydrogens (primary N) is 1. The van der Waals surface area contributed by atoms with Crippen LogP contribution in [0.4, 0.5) is 10.7 Å². The van der Waals surface area contributed by atoms with Crippen molar-refractivity contribution >= 4 is 32.0 Å². The molecular formula is C10H17N3O4S2. The predicted octanol–water partition coefficient (Wildman–Crippen LogP) is 2.10. The molecule has 1 aromatic heterocycles. The number of anilines is 1. The fourth-order valence-electron chi connectivity index (χ4n) is 1.42. The number of nitrogen functional groups attached to an aromatic ring is 1. The highest BCUT2D eigenvalue weighted by Gasteiger charge is 2.31. The van der Waals surface area contributed by atoms with Gasteiger partial charge in [-0.1, -0.05) is 25.2 Å². The standard InChI is InChI=1S/C10H17N3O4S2/c1-4-10(3,5-2)12-19(16,17)8-6-7(13(14)15)9(11)18-8/h6,12H,4-5,11H2,1-3H3. The molecule has 7 nitrogen and oxygen atoms in total. The summed E-state index contributed by atoms with van der Waals surface area (Å²) in [6.07, 6.45) is 1.23. The molecule has 0 aliphatic carbocycles. The van der Waals surface area contributed by atoms with Crippen molar-refractivity contribution in [1.82, 2.24) is 4.72 Å². The lowest BCUT2D eigenvalue weighted by Crippen LogP contribution is -2.44. The smallest absolute Gasteiger partial charge is 0.304 e. The van der Waals surface area contributed by atoms with Crippen molar-refractivity contribution in [2.45, 2.75) is 43.4 Å². The average molecular weight is 307 g/mol. The maximum atomic E-state index is 12.2. The van der Waals surface area contributed by atoms with Crippen LogP contribution in [0.5, 0.6) is 0 Å². The second-order valence-electron chi connectivity index (χ2n) is 4.45. The van der Waals surface area contributed by atoms with Gasteiger partial charge in [0.1, 0.15) is 4.21 Å². The van der Waals surface area contributed by atoms with E-state index >= 15 is 0 Å². The second kappa shape index (κ2) is 5.43. The van der Waals surface area contributed by atoms with Crippen LogP contribution in [-0.4, -0.2) is 18.9 Å². The Morgan fingerprint density at radius 3 is 2.37 bits per heavy atom. The molecule has 1 aromatic rings. The first-order valence-corrected chi connectivity index (χ1v) is 8.03. The summed E-state index contributed by atoms with van der Waals surface area (Å²) in [5, 5.41) is 10.6. The Hall–Kier alpha value is -1.19. The summed E-state index contributed by atoms with van der Waals surface area (Å²) >= 11 is 0.697. The minimum absolute atomic E-state index is 0.111. The number of hydrogen-bond acceptors (Lipinski definition) is 6. The second-order valence-corrected chi connectivity index (χ2v) is 7.44. The van der Waals surface area contributed by atoms with E-state index in [9.17, 15) is 18.5 Å². The van der Waals surface area contributed by atoms with Gasteiger partial charge >= 0.3 is 5.69 Å². The Morgan fingerprint density at radius 2 is 2.00 bits per heavy atom. The number of nitrogens with zero attached hydrogens (tertiary/aromatic N) is 1. The molecule has 0 saturated heterocycles.